The molecule has 2 rings (SSSR count). The molecule has 0 bridgehead atoms. The van der Waals surface area contributed by atoms with Gasteiger partial charge in [0.2, 0.25) is 0 Å². The maximum Gasteiger partial charge on any atom is 0.259 e. The van der Waals surface area contributed by atoms with Gasteiger partial charge in [-0.25, -0.2) is 4.98 Å². The van der Waals surface area contributed by atoms with Gasteiger partial charge in [0.1, 0.15) is 5.02 Å². The van der Waals surface area contributed by atoms with Gasteiger partial charge in [-0.2, -0.15) is 0 Å². The largest absolute Gasteiger partial charge is 0.361 e. The van der Waals surface area contributed by atoms with Crippen LogP contribution in [0.25, 0.3) is 5.57 Å². The molecule has 0 radical (unpaired) electrons. The lowest BCUT2D eigenvalue weighted by atomic mass is 10.0. The van der Waals surface area contributed by atoms with Crippen LogP contribution >= 0.6 is 11.6 Å². The zero-order valence-corrected chi connectivity index (χ0v) is 11.1. The fourth-order valence-electron chi connectivity index (χ4n) is 1.55. The van der Waals surface area contributed by atoms with Crippen LogP contribution in [-0.2, 0) is 4.84 Å². The van der Waals surface area contributed by atoms with E-state index < -0.39 is 0 Å². The number of rotatable bonds is 5. The van der Waals surface area contributed by atoms with Crippen molar-refractivity contribution in [1.29, 1.82) is 0 Å². The smallest absolute Gasteiger partial charge is 0.259 e. The van der Waals surface area contributed by atoms with Crippen LogP contribution in [0.2, 0.25) is 5.02 Å². The highest BCUT2D eigenvalue weighted by atomic mass is 35.5. The third-order valence-corrected chi connectivity index (χ3v) is 2.77. The molecule has 0 amide bonds. The quantitative estimate of drug-likeness (QED) is 0.852. The Labute approximate surface area is 116 Å². The molecule has 4 nitrogen and oxygen atoms in total. The van der Waals surface area contributed by atoms with Gasteiger partial charge < -0.3 is 4.84 Å². The fraction of sp³-hybridized carbons (Fsp3) is 0.0714. The molecule has 1 heterocycles. The van der Waals surface area contributed by atoms with Gasteiger partial charge in [-0.05, 0) is 22.8 Å². The average Bonchev–Trinajstić information content (AvgIpc) is 2.46. The number of hydrogen-bond acceptors (Lipinski definition) is 4. The Bertz CT molecular complexity index is 573. The van der Waals surface area contributed by atoms with Crippen molar-refractivity contribution < 1.29 is 9.68 Å². The lowest BCUT2D eigenvalue weighted by molar-refractivity contribution is -0.0821. The van der Waals surface area contributed by atoms with Gasteiger partial charge in [0.15, 0.2) is 0 Å². The summed E-state index contributed by atoms with van der Waals surface area (Å²) in [7, 11) is 1.43. The molecular formula is C14H13ClN2O2. The second kappa shape index (κ2) is 6.33. The zero-order valence-electron chi connectivity index (χ0n) is 10.4. The van der Waals surface area contributed by atoms with Crippen LogP contribution in [0.1, 0.15) is 11.1 Å². The van der Waals surface area contributed by atoms with Crippen LogP contribution < -0.4 is 10.5 Å². The monoisotopic (exact) mass is 276 g/mol. The van der Waals surface area contributed by atoms with E-state index in [-0.39, 0.29) is 5.88 Å². The minimum Gasteiger partial charge on any atom is -0.361 e. The van der Waals surface area contributed by atoms with E-state index in [1.165, 1.54) is 7.11 Å². The number of nitrogens with one attached hydrogen (secondary N) is 1. The summed E-state index contributed by atoms with van der Waals surface area (Å²) < 4.78 is 0. The molecule has 0 unspecified atom stereocenters. The van der Waals surface area contributed by atoms with E-state index in [1.54, 1.807) is 12.3 Å². The molecule has 0 fully saturated rings. The molecule has 0 aliphatic carbocycles. The van der Waals surface area contributed by atoms with Gasteiger partial charge in [-0.15, -0.1) is 0 Å². The Kier molecular flexibility index (Phi) is 4.52. The minimum absolute atomic E-state index is 0.244. The van der Waals surface area contributed by atoms with Crippen molar-refractivity contribution in [1.82, 2.24) is 10.6 Å². The number of aromatic nitrogens is 1. The highest BCUT2D eigenvalue weighted by molar-refractivity contribution is 6.32. The number of benzene rings is 1. The highest BCUT2D eigenvalue weighted by Crippen LogP contribution is 2.27. The molecule has 0 saturated carbocycles. The number of halogens is 1. The molecule has 5 heteroatoms. The number of nitrogens with zero attached hydrogens (tertiary/aromatic N) is 1. The second-order valence-electron chi connectivity index (χ2n) is 3.75. The number of pyridine rings is 1. The third kappa shape index (κ3) is 3.32. The second-order valence-corrected chi connectivity index (χ2v) is 4.15. The summed E-state index contributed by atoms with van der Waals surface area (Å²) in [6.07, 6.45) is 1.65. The van der Waals surface area contributed by atoms with Crippen LogP contribution in [0.5, 0.6) is 5.88 Å². The molecule has 0 saturated heterocycles. The van der Waals surface area contributed by atoms with E-state index in [4.69, 9.17) is 16.4 Å². The Balaban J connectivity index is 2.22. The predicted molar refractivity (Wildman–Crippen MR) is 74.6 cm³/mol. The highest BCUT2D eigenvalue weighted by Gasteiger charge is 2.08. The van der Waals surface area contributed by atoms with Crippen LogP contribution in [-0.4, -0.2) is 12.1 Å². The Morgan fingerprint density at radius 1 is 1.26 bits per heavy atom. The van der Waals surface area contributed by atoms with Crippen LogP contribution in [0.3, 0.4) is 0 Å². The van der Waals surface area contributed by atoms with Crippen molar-refractivity contribution in [2.24, 2.45) is 0 Å². The van der Waals surface area contributed by atoms with E-state index in [0.29, 0.717) is 5.02 Å². The van der Waals surface area contributed by atoms with Crippen molar-refractivity contribution in [2.45, 2.75) is 0 Å². The van der Waals surface area contributed by atoms with E-state index in [2.05, 4.69) is 22.0 Å². The first-order valence-electron chi connectivity index (χ1n) is 5.57. The molecule has 0 spiro atoms. The molecule has 98 valence electrons. The van der Waals surface area contributed by atoms with Crippen molar-refractivity contribution in [2.75, 3.05) is 7.11 Å². The first-order chi connectivity index (χ1) is 9.22. The summed E-state index contributed by atoms with van der Waals surface area (Å²) in [6, 6.07) is 11.6. The van der Waals surface area contributed by atoms with Gasteiger partial charge in [0, 0.05) is 11.8 Å². The minimum atomic E-state index is 0.244. The molecule has 1 aromatic carbocycles. The summed E-state index contributed by atoms with van der Waals surface area (Å²) in [5.41, 5.74) is 4.92. The third-order valence-electron chi connectivity index (χ3n) is 2.50. The summed E-state index contributed by atoms with van der Waals surface area (Å²) >= 11 is 6.07. The van der Waals surface area contributed by atoms with Crippen molar-refractivity contribution in [3.8, 4) is 5.88 Å². The molecule has 2 aromatic rings. The van der Waals surface area contributed by atoms with Gasteiger partial charge in [0.05, 0.1) is 7.11 Å². The van der Waals surface area contributed by atoms with Crippen molar-refractivity contribution in [3.05, 3.63) is 65.3 Å². The summed E-state index contributed by atoms with van der Waals surface area (Å²) in [5.74, 6) is 0.244. The van der Waals surface area contributed by atoms with Crippen molar-refractivity contribution in [3.63, 3.8) is 0 Å². The normalized spacial score (nSPS) is 10.2. The van der Waals surface area contributed by atoms with Gasteiger partial charge in [-0.3, -0.25) is 4.84 Å². The zero-order chi connectivity index (χ0) is 13.7. The average molecular weight is 277 g/mol. The first kappa shape index (κ1) is 13.5. The molecule has 1 N–H and O–H groups in total. The van der Waals surface area contributed by atoms with Crippen LogP contribution in [0.15, 0.2) is 49.2 Å². The summed E-state index contributed by atoms with van der Waals surface area (Å²) in [5, 5.41) is 0.374. The molecule has 0 aliphatic rings. The standard InChI is InChI=1S/C14H13ClN2O2/c1-10(11-6-4-3-5-7-11)12-8-13(15)14(16-9-12)19-17-18-2/h3-9,17H,1H2,2H3. The molecule has 0 atom stereocenters. The van der Waals surface area contributed by atoms with E-state index >= 15 is 0 Å². The fourth-order valence-corrected chi connectivity index (χ4v) is 1.76. The van der Waals surface area contributed by atoms with Gasteiger partial charge >= 0.3 is 0 Å². The first-order valence-corrected chi connectivity index (χ1v) is 5.95. The SMILES string of the molecule is C=C(c1ccccc1)c1cnc(ONOC)c(Cl)c1. The van der Waals surface area contributed by atoms with Crippen molar-refractivity contribution >= 4 is 17.2 Å². The molecule has 1 aromatic heterocycles. The Hall–Kier alpha value is -1.88. The Morgan fingerprint density at radius 2 is 2.00 bits per heavy atom. The summed E-state index contributed by atoms with van der Waals surface area (Å²) in [6.45, 7) is 4.05. The topological polar surface area (TPSA) is 43.4 Å². The van der Waals surface area contributed by atoms with E-state index in [0.717, 1.165) is 16.7 Å². The van der Waals surface area contributed by atoms with E-state index in [9.17, 15) is 0 Å². The maximum atomic E-state index is 6.07. The lowest BCUT2D eigenvalue weighted by Crippen LogP contribution is -2.17. The predicted octanol–water partition coefficient (Wildman–Crippen LogP) is 3.24. The van der Waals surface area contributed by atoms with Crippen LogP contribution in [0.4, 0.5) is 0 Å². The maximum absolute atomic E-state index is 6.07. The van der Waals surface area contributed by atoms with Crippen LogP contribution in [0, 0.1) is 0 Å². The van der Waals surface area contributed by atoms with Gasteiger partial charge in [0.25, 0.3) is 5.88 Å². The number of hydrogen-bond donors (Lipinski definition) is 1. The lowest BCUT2D eigenvalue weighted by Gasteiger charge is -2.09. The molecular weight excluding hydrogens is 264 g/mol. The van der Waals surface area contributed by atoms with E-state index in [1.807, 2.05) is 30.3 Å². The summed E-state index contributed by atoms with van der Waals surface area (Å²) in [4.78, 5) is 13.6. The Morgan fingerprint density at radius 3 is 2.63 bits per heavy atom. The molecule has 0 aliphatic heterocycles. The molecule has 19 heavy (non-hydrogen) atoms. The van der Waals surface area contributed by atoms with Gasteiger partial charge in [-0.1, -0.05) is 48.5 Å².